The second-order valence-electron chi connectivity index (χ2n) is 5.64. The zero-order chi connectivity index (χ0) is 14.3. The van der Waals surface area contributed by atoms with Crippen LogP contribution in [0.15, 0.2) is 24.5 Å². The molecule has 4 nitrogen and oxygen atoms in total. The van der Waals surface area contributed by atoms with Gasteiger partial charge in [-0.3, -0.25) is 9.78 Å². The van der Waals surface area contributed by atoms with E-state index in [9.17, 15) is 4.79 Å². The summed E-state index contributed by atoms with van der Waals surface area (Å²) in [4.78, 5) is 18.2. The summed E-state index contributed by atoms with van der Waals surface area (Å²) in [7, 11) is 0. The summed E-state index contributed by atoms with van der Waals surface area (Å²) in [5.41, 5.74) is 6.80. The van der Waals surface area contributed by atoms with Crippen LogP contribution in [0.2, 0.25) is 0 Å². The largest absolute Gasteiger partial charge is 0.342 e. The van der Waals surface area contributed by atoms with Crippen LogP contribution in [-0.4, -0.2) is 35.4 Å². The molecule has 1 aromatic rings. The summed E-state index contributed by atoms with van der Waals surface area (Å²) in [6.45, 7) is 8.21. The maximum atomic E-state index is 12.2. The lowest BCUT2D eigenvalue weighted by molar-refractivity contribution is -0.132. The molecule has 0 radical (unpaired) electrons. The Morgan fingerprint density at radius 3 is 2.74 bits per heavy atom. The third kappa shape index (κ3) is 5.39. The van der Waals surface area contributed by atoms with Gasteiger partial charge in [-0.1, -0.05) is 19.9 Å². The number of nitrogens with two attached hydrogens (primary N) is 1. The number of aryl methyl sites for hydroxylation is 1. The van der Waals surface area contributed by atoms with Crippen LogP contribution in [0.3, 0.4) is 0 Å². The minimum atomic E-state index is -0.0278. The number of nitrogens with zero attached hydrogens (tertiary/aromatic N) is 2. The SMILES string of the molecule is CCN(CC(C)(C)CN)C(=O)CCc1cccnc1. The summed E-state index contributed by atoms with van der Waals surface area (Å²) >= 11 is 0. The van der Waals surface area contributed by atoms with Gasteiger partial charge in [-0.05, 0) is 36.9 Å². The predicted molar refractivity (Wildman–Crippen MR) is 77.6 cm³/mol. The molecule has 2 N–H and O–H groups in total. The van der Waals surface area contributed by atoms with E-state index in [2.05, 4.69) is 18.8 Å². The summed E-state index contributed by atoms with van der Waals surface area (Å²) in [6, 6.07) is 3.90. The Morgan fingerprint density at radius 1 is 1.47 bits per heavy atom. The van der Waals surface area contributed by atoms with Gasteiger partial charge in [0.15, 0.2) is 0 Å². The highest BCUT2D eigenvalue weighted by molar-refractivity contribution is 5.76. The van der Waals surface area contributed by atoms with Gasteiger partial charge >= 0.3 is 0 Å². The normalized spacial score (nSPS) is 11.4. The van der Waals surface area contributed by atoms with E-state index >= 15 is 0 Å². The molecule has 0 aliphatic heterocycles. The van der Waals surface area contributed by atoms with Gasteiger partial charge in [-0.25, -0.2) is 0 Å². The lowest BCUT2D eigenvalue weighted by Gasteiger charge is -2.31. The number of hydrogen-bond acceptors (Lipinski definition) is 3. The van der Waals surface area contributed by atoms with Crippen molar-refractivity contribution in [1.82, 2.24) is 9.88 Å². The molecule has 19 heavy (non-hydrogen) atoms. The number of aromatic nitrogens is 1. The Balaban J connectivity index is 2.50. The molecule has 0 atom stereocenters. The number of carbonyl (C=O) groups excluding carboxylic acids is 1. The Hall–Kier alpha value is -1.42. The van der Waals surface area contributed by atoms with E-state index in [4.69, 9.17) is 5.73 Å². The average molecular weight is 263 g/mol. The van der Waals surface area contributed by atoms with Crippen molar-refractivity contribution >= 4 is 5.91 Å². The molecule has 106 valence electrons. The molecule has 0 saturated heterocycles. The maximum absolute atomic E-state index is 12.2. The third-order valence-electron chi connectivity index (χ3n) is 3.26. The van der Waals surface area contributed by atoms with Crippen molar-refractivity contribution in [3.05, 3.63) is 30.1 Å². The van der Waals surface area contributed by atoms with Crippen LogP contribution in [-0.2, 0) is 11.2 Å². The van der Waals surface area contributed by atoms with E-state index in [1.165, 1.54) is 0 Å². The van der Waals surface area contributed by atoms with Crippen LogP contribution in [0.4, 0.5) is 0 Å². The first kappa shape index (κ1) is 15.6. The number of carbonyl (C=O) groups is 1. The zero-order valence-corrected chi connectivity index (χ0v) is 12.2. The molecule has 0 fully saturated rings. The lowest BCUT2D eigenvalue weighted by Crippen LogP contribution is -2.42. The molecule has 0 bridgehead atoms. The molecule has 0 aliphatic rings. The second-order valence-corrected chi connectivity index (χ2v) is 5.64. The predicted octanol–water partition coefficient (Wildman–Crippen LogP) is 1.85. The highest BCUT2D eigenvalue weighted by Crippen LogP contribution is 2.15. The first-order chi connectivity index (χ1) is 8.98. The molecule has 1 amide bonds. The van der Waals surface area contributed by atoms with Crippen molar-refractivity contribution < 1.29 is 4.79 Å². The maximum Gasteiger partial charge on any atom is 0.222 e. The van der Waals surface area contributed by atoms with Gasteiger partial charge in [0.25, 0.3) is 0 Å². The van der Waals surface area contributed by atoms with Crippen LogP contribution in [0.25, 0.3) is 0 Å². The molecule has 1 aromatic heterocycles. The van der Waals surface area contributed by atoms with E-state index < -0.39 is 0 Å². The standard InChI is InChI=1S/C15H25N3O/c1-4-18(12-15(2,3)11-16)14(19)8-7-13-6-5-9-17-10-13/h5-6,9-10H,4,7-8,11-12,16H2,1-3H3. The van der Waals surface area contributed by atoms with Crippen molar-refractivity contribution in [2.24, 2.45) is 11.1 Å². The Bertz CT molecular complexity index is 390. The van der Waals surface area contributed by atoms with E-state index in [-0.39, 0.29) is 11.3 Å². The van der Waals surface area contributed by atoms with Gasteiger partial charge in [0.2, 0.25) is 5.91 Å². The minimum absolute atomic E-state index is 0.0278. The number of amides is 1. The van der Waals surface area contributed by atoms with Gasteiger partial charge in [0, 0.05) is 31.9 Å². The molecule has 0 aromatic carbocycles. The van der Waals surface area contributed by atoms with E-state index in [1.54, 1.807) is 6.20 Å². The van der Waals surface area contributed by atoms with Crippen LogP contribution in [0.1, 0.15) is 32.8 Å². The summed E-state index contributed by atoms with van der Waals surface area (Å²) in [5.74, 6) is 0.188. The quantitative estimate of drug-likeness (QED) is 0.816. The Labute approximate surface area is 116 Å². The average Bonchev–Trinajstić information content (AvgIpc) is 2.43. The molecule has 1 heterocycles. The van der Waals surface area contributed by atoms with Crippen molar-refractivity contribution in [2.45, 2.75) is 33.6 Å². The fourth-order valence-electron chi connectivity index (χ4n) is 1.91. The topological polar surface area (TPSA) is 59.2 Å². The van der Waals surface area contributed by atoms with Gasteiger partial charge in [0.05, 0.1) is 0 Å². The van der Waals surface area contributed by atoms with Gasteiger partial charge in [-0.2, -0.15) is 0 Å². The Kier molecular flexibility index (Phi) is 5.96. The molecule has 0 aliphatic carbocycles. The lowest BCUT2D eigenvalue weighted by atomic mass is 9.93. The van der Waals surface area contributed by atoms with E-state index in [1.807, 2.05) is 30.2 Å². The van der Waals surface area contributed by atoms with Gasteiger partial charge in [-0.15, -0.1) is 0 Å². The first-order valence-corrected chi connectivity index (χ1v) is 6.85. The fourth-order valence-corrected chi connectivity index (χ4v) is 1.91. The smallest absolute Gasteiger partial charge is 0.222 e. The second kappa shape index (κ2) is 7.24. The van der Waals surface area contributed by atoms with E-state index in [0.29, 0.717) is 19.5 Å². The van der Waals surface area contributed by atoms with Crippen LogP contribution in [0.5, 0.6) is 0 Å². The highest BCUT2D eigenvalue weighted by Gasteiger charge is 2.22. The highest BCUT2D eigenvalue weighted by atomic mass is 16.2. The molecule has 0 unspecified atom stereocenters. The number of pyridine rings is 1. The molecule has 1 rings (SSSR count). The summed E-state index contributed by atoms with van der Waals surface area (Å²) in [6.07, 6.45) is 4.83. The number of hydrogen-bond donors (Lipinski definition) is 1. The molecular weight excluding hydrogens is 238 g/mol. The molecule has 0 saturated carbocycles. The van der Waals surface area contributed by atoms with Gasteiger partial charge < -0.3 is 10.6 Å². The van der Waals surface area contributed by atoms with Crippen LogP contribution in [0, 0.1) is 5.41 Å². The monoisotopic (exact) mass is 263 g/mol. The number of rotatable bonds is 7. The molecule has 4 heteroatoms. The van der Waals surface area contributed by atoms with Crippen molar-refractivity contribution in [3.63, 3.8) is 0 Å². The first-order valence-electron chi connectivity index (χ1n) is 6.85. The van der Waals surface area contributed by atoms with Crippen molar-refractivity contribution in [3.8, 4) is 0 Å². The minimum Gasteiger partial charge on any atom is -0.342 e. The Morgan fingerprint density at radius 2 is 2.21 bits per heavy atom. The van der Waals surface area contributed by atoms with Crippen molar-refractivity contribution in [1.29, 1.82) is 0 Å². The molecule has 0 spiro atoms. The van der Waals surface area contributed by atoms with Crippen molar-refractivity contribution in [2.75, 3.05) is 19.6 Å². The summed E-state index contributed by atoms with van der Waals surface area (Å²) in [5, 5.41) is 0. The zero-order valence-electron chi connectivity index (χ0n) is 12.2. The summed E-state index contributed by atoms with van der Waals surface area (Å²) < 4.78 is 0. The third-order valence-corrected chi connectivity index (χ3v) is 3.26. The van der Waals surface area contributed by atoms with Gasteiger partial charge in [0.1, 0.15) is 0 Å². The van der Waals surface area contributed by atoms with Crippen LogP contribution >= 0.6 is 0 Å². The van der Waals surface area contributed by atoms with E-state index in [0.717, 1.165) is 18.5 Å². The molecular formula is C15H25N3O. The van der Waals surface area contributed by atoms with Crippen LogP contribution < -0.4 is 5.73 Å². The fraction of sp³-hybridized carbons (Fsp3) is 0.600.